The molecule has 2 aromatic rings. The molecule has 0 saturated heterocycles. The van der Waals surface area contributed by atoms with Crippen molar-refractivity contribution < 1.29 is 9.18 Å². The molecule has 1 heterocycles. The quantitative estimate of drug-likeness (QED) is 0.905. The molecule has 1 atom stereocenters. The van der Waals surface area contributed by atoms with Gasteiger partial charge in [0.2, 0.25) is 5.91 Å². The normalized spacial score (nSPS) is 12.2. The number of aromatic nitrogens is 2. The van der Waals surface area contributed by atoms with Crippen LogP contribution in [0.25, 0.3) is 0 Å². The van der Waals surface area contributed by atoms with E-state index in [1.165, 1.54) is 18.5 Å². The van der Waals surface area contributed by atoms with Crippen LogP contribution in [0.15, 0.2) is 30.7 Å². The molecule has 4 nitrogen and oxygen atoms in total. The fourth-order valence-corrected chi connectivity index (χ4v) is 1.97. The van der Waals surface area contributed by atoms with Gasteiger partial charge in [0.05, 0.1) is 30.7 Å². The molecular weight excluding hydrogens is 269 g/mol. The smallest absolute Gasteiger partial charge is 0.225 e. The molecule has 6 heteroatoms. The molecule has 0 saturated carbocycles. The Balaban J connectivity index is 2.02. The van der Waals surface area contributed by atoms with Crippen LogP contribution in [0.4, 0.5) is 4.39 Å². The van der Waals surface area contributed by atoms with Crippen LogP contribution in [0.2, 0.25) is 5.02 Å². The predicted octanol–water partition coefficient (Wildman–Crippen LogP) is 2.62. The van der Waals surface area contributed by atoms with Gasteiger partial charge in [0, 0.05) is 10.6 Å². The minimum Gasteiger partial charge on any atom is -0.348 e. The van der Waals surface area contributed by atoms with Crippen LogP contribution < -0.4 is 5.32 Å². The molecule has 0 spiro atoms. The molecule has 0 aliphatic rings. The van der Waals surface area contributed by atoms with Gasteiger partial charge in [-0.05, 0) is 19.1 Å². The van der Waals surface area contributed by atoms with Crippen molar-refractivity contribution in [1.82, 2.24) is 15.3 Å². The lowest BCUT2D eigenvalue weighted by Gasteiger charge is -2.12. The summed E-state index contributed by atoms with van der Waals surface area (Å²) in [4.78, 5) is 18.6. The van der Waals surface area contributed by atoms with Crippen LogP contribution in [0.1, 0.15) is 24.2 Å². The minimum atomic E-state index is -0.475. The number of aromatic amines is 1. The van der Waals surface area contributed by atoms with E-state index in [4.69, 9.17) is 11.6 Å². The van der Waals surface area contributed by atoms with Gasteiger partial charge in [0.25, 0.3) is 0 Å². The number of hydrogen-bond acceptors (Lipinski definition) is 2. The van der Waals surface area contributed by atoms with Gasteiger partial charge in [-0.2, -0.15) is 0 Å². The Hall–Kier alpha value is -1.88. The number of carbonyl (C=O) groups excluding carboxylic acids is 1. The number of H-pyrrole nitrogens is 1. The maximum absolute atomic E-state index is 13.5. The summed E-state index contributed by atoms with van der Waals surface area (Å²) in [5.74, 6) is -0.772. The first kappa shape index (κ1) is 13.5. The highest BCUT2D eigenvalue weighted by molar-refractivity contribution is 6.31. The van der Waals surface area contributed by atoms with Crippen LogP contribution >= 0.6 is 11.6 Å². The fourth-order valence-electron chi connectivity index (χ4n) is 1.74. The number of benzene rings is 1. The molecule has 2 rings (SSSR count). The van der Waals surface area contributed by atoms with E-state index in [0.29, 0.717) is 0 Å². The van der Waals surface area contributed by atoms with E-state index in [9.17, 15) is 9.18 Å². The predicted molar refractivity (Wildman–Crippen MR) is 70.3 cm³/mol. The average molecular weight is 282 g/mol. The number of halogens is 2. The largest absolute Gasteiger partial charge is 0.348 e. The molecule has 0 aliphatic carbocycles. The summed E-state index contributed by atoms with van der Waals surface area (Å²) in [6.07, 6.45) is 3.07. The molecule has 1 unspecified atom stereocenters. The number of amides is 1. The monoisotopic (exact) mass is 281 g/mol. The summed E-state index contributed by atoms with van der Waals surface area (Å²) in [6.45, 7) is 1.81. The maximum Gasteiger partial charge on any atom is 0.225 e. The Kier molecular flexibility index (Phi) is 4.16. The van der Waals surface area contributed by atoms with Crippen molar-refractivity contribution in [2.75, 3.05) is 0 Å². The molecule has 1 amide bonds. The van der Waals surface area contributed by atoms with Crippen LogP contribution in [0, 0.1) is 5.82 Å². The molecule has 0 radical (unpaired) electrons. The maximum atomic E-state index is 13.5. The van der Waals surface area contributed by atoms with Gasteiger partial charge in [-0.25, -0.2) is 9.37 Å². The average Bonchev–Trinajstić information content (AvgIpc) is 2.88. The molecule has 0 aliphatic heterocycles. The van der Waals surface area contributed by atoms with Crippen molar-refractivity contribution in [3.05, 3.63) is 52.8 Å². The van der Waals surface area contributed by atoms with Gasteiger partial charge in [-0.15, -0.1) is 0 Å². The highest BCUT2D eigenvalue weighted by Crippen LogP contribution is 2.19. The van der Waals surface area contributed by atoms with Crippen LogP contribution in [0.3, 0.4) is 0 Å². The van der Waals surface area contributed by atoms with Gasteiger partial charge in [-0.3, -0.25) is 4.79 Å². The van der Waals surface area contributed by atoms with Crippen molar-refractivity contribution in [3.8, 4) is 0 Å². The van der Waals surface area contributed by atoms with Crippen molar-refractivity contribution in [2.24, 2.45) is 0 Å². The topological polar surface area (TPSA) is 57.8 Å². The summed E-state index contributed by atoms with van der Waals surface area (Å²) >= 11 is 5.87. The van der Waals surface area contributed by atoms with E-state index in [1.807, 2.05) is 6.92 Å². The summed E-state index contributed by atoms with van der Waals surface area (Å²) in [7, 11) is 0. The van der Waals surface area contributed by atoms with E-state index in [1.54, 1.807) is 12.3 Å². The number of nitrogens with zero attached hydrogens (tertiary/aromatic N) is 1. The highest BCUT2D eigenvalue weighted by Gasteiger charge is 2.15. The number of hydrogen-bond donors (Lipinski definition) is 2. The molecule has 1 aromatic carbocycles. The zero-order chi connectivity index (χ0) is 13.8. The third-order valence-electron chi connectivity index (χ3n) is 2.76. The highest BCUT2D eigenvalue weighted by atomic mass is 35.5. The van der Waals surface area contributed by atoms with E-state index in [2.05, 4.69) is 15.3 Å². The Morgan fingerprint density at radius 2 is 2.37 bits per heavy atom. The first-order chi connectivity index (χ1) is 9.08. The number of nitrogens with one attached hydrogen (secondary N) is 2. The van der Waals surface area contributed by atoms with Crippen LogP contribution in [-0.2, 0) is 11.2 Å². The lowest BCUT2D eigenvalue weighted by atomic mass is 10.1. The molecule has 100 valence electrons. The zero-order valence-corrected chi connectivity index (χ0v) is 11.0. The van der Waals surface area contributed by atoms with Crippen molar-refractivity contribution in [1.29, 1.82) is 0 Å². The molecule has 0 bridgehead atoms. The summed E-state index contributed by atoms with van der Waals surface area (Å²) in [5.41, 5.74) is 0.992. The summed E-state index contributed by atoms with van der Waals surface area (Å²) in [5, 5.41) is 3.00. The van der Waals surface area contributed by atoms with E-state index in [-0.39, 0.29) is 29.0 Å². The second-order valence-electron chi connectivity index (χ2n) is 4.17. The number of rotatable bonds is 4. The van der Waals surface area contributed by atoms with E-state index < -0.39 is 5.82 Å². The first-order valence-corrected chi connectivity index (χ1v) is 6.16. The van der Waals surface area contributed by atoms with Gasteiger partial charge in [0.15, 0.2) is 0 Å². The zero-order valence-electron chi connectivity index (χ0n) is 10.3. The van der Waals surface area contributed by atoms with E-state index >= 15 is 0 Å². The number of carbonyl (C=O) groups is 1. The van der Waals surface area contributed by atoms with Crippen molar-refractivity contribution in [3.63, 3.8) is 0 Å². The second-order valence-corrected chi connectivity index (χ2v) is 4.58. The molecule has 0 fully saturated rings. The Bertz CT molecular complexity index is 551. The van der Waals surface area contributed by atoms with Crippen LogP contribution in [0.5, 0.6) is 0 Å². The SMILES string of the molecule is CC(NC(=O)Cc1c(F)cccc1Cl)c1cnc[nH]1. The van der Waals surface area contributed by atoms with Gasteiger partial charge in [0.1, 0.15) is 5.82 Å². The van der Waals surface area contributed by atoms with Gasteiger partial charge >= 0.3 is 0 Å². The Morgan fingerprint density at radius 1 is 1.58 bits per heavy atom. The van der Waals surface area contributed by atoms with Gasteiger partial charge < -0.3 is 10.3 Å². The third kappa shape index (κ3) is 3.32. The first-order valence-electron chi connectivity index (χ1n) is 5.78. The van der Waals surface area contributed by atoms with Gasteiger partial charge in [-0.1, -0.05) is 17.7 Å². The molecule has 2 N–H and O–H groups in total. The Labute approximate surface area is 115 Å². The lowest BCUT2D eigenvalue weighted by molar-refractivity contribution is -0.121. The number of imidazole rings is 1. The van der Waals surface area contributed by atoms with Crippen molar-refractivity contribution in [2.45, 2.75) is 19.4 Å². The summed E-state index contributed by atoms with van der Waals surface area (Å²) in [6, 6.07) is 4.13. The Morgan fingerprint density at radius 3 is 3.00 bits per heavy atom. The minimum absolute atomic E-state index is 0.0933. The molecule has 1 aromatic heterocycles. The second kappa shape index (κ2) is 5.84. The summed E-state index contributed by atoms with van der Waals surface area (Å²) < 4.78 is 13.5. The fraction of sp³-hybridized carbons (Fsp3) is 0.231. The standard InChI is InChI=1S/C13H13ClFN3O/c1-8(12-6-16-7-17-12)18-13(19)5-9-10(14)3-2-4-11(9)15/h2-4,6-8H,5H2,1H3,(H,16,17)(H,18,19). The lowest BCUT2D eigenvalue weighted by Crippen LogP contribution is -2.28. The molecule has 19 heavy (non-hydrogen) atoms. The van der Waals surface area contributed by atoms with Crippen molar-refractivity contribution >= 4 is 17.5 Å². The molecular formula is C13H13ClFN3O. The van der Waals surface area contributed by atoms with E-state index in [0.717, 1.165) is 5.69 Å². The third-order valence-corrected chi connectivity index (χ3v) is 3.12. The van der Waals surface area contributed by atoms with Crippen LogP contribution in [-0.4, -0.2) is 15.9 Å².